The lowest BCUT2D eigenvalue weighted by Gasteiger charge is -2.37. The molecule has 2 rings (SSSR count). The van der Waals surface area contributed by atoms with Gasteiger partial charge in [0.15, 0.2) is 0 Å². The van der Waals surface area contributed by atoms with Crippen molar-refractivity contribution in [3.8, 4) is 0 Å². The van der Waals surface area contributed by atoms with E-state index in [0.717, 1.165) is 31.4 Å². The van der Waals surface area contributed by atoms with Gasteiger partial charge >= 0.3 is 6.03 Å². The summed E-state index contributed by atoms with van der Waals surface area (Å²) in [5, 5.41) is 12.6. The van der Waals surface area contributed by atoms with E-state index in [1.165, 1.54) is 0 Å². The fourth-order valence-corrected chi connectivity index (χ4v) is 2.70. The van der Waals surface area contributed by atoms with E-state index >= 15 is 0 Å². The van der Waals surface area contributed by atoms with E-state index in [0.29, 0.717) is 5.02 Å². The Morgan fingerprint density at radius 3 is 2.75 bits per heavy atom. The Morgan fingerprint density at radius 2 is 2.15 bits per heavy atom. The number of halogens is 1. The van der Waals surface area contributed by atoms with Gasteiger partial charge in [0.2, 0.25) is 0 Å². The summed E-state index contributed by atoms with van der Waals surface area (Å²) >= 11 is 5.89. The van der Waals surface area contributed by atoms with E-state index in [1.54, 1.807) is 0 Å². The van der Waals surface area contributed by atoms with Gasteiger partial charge in [-0.15, -0.1) is 0 Å². The summed E-state index contributed by atoms with van der Waals surface area (Å²) < 4.78 is 0. The average Bonchev–Trinajstić information content (AvgIpc) is 2.45. The van der Waals surface area contributed by atoms with Crippen LogP contribution in [0, 0.1) is 0 Å². The van der Waals surface area contributed by atoms with Gasteiger partial charge in [-0.1, -0.05) is 23.7 Å². The quantitative estimate of drug-likeness (QED) is 0.878. The third kappa shape index (κ3) is 3.64. The molecule has 4 nitrogen and oxygen atoms in total. The van der Waals surface area contributed by atoms with Crippen molar-refractivity contribution in [2.75, 3.05) is 13.2 Å². The first kappa shape index (κ1) is 15.1. The molecule has 1 aliphatic rings. The Labute approximate surface area is 124 Å². The lowest BCUT2D eigenvalue weighted by Crippen LogP contribution is -2.52. The Morgan fingerprint density at radius 1 is 1.45 bits per heavy atom. The number of aliphatic hydroxyl groups is 1. The highest BCUT2D eigenvalue weighted by Gasteiger charge is 2.28. The highest BCUT2D eigenvalue weighted by molar-refractivity contribution is 6.30. The predicted octanol–water partition coefficient (Wildman–Crippen LogP) is 2.96. The third-order valence-electron chi connectivity index (χ3n) is 3.84. The van der Waals surface area contributed by atoms with Crippen molar-refractivity contribution in [1.29, 1.82) is 0 Å². The molecule has 0 saturated carbocycles. The summed E-state index contributed by atoms with van der Waals surface area (Å²) in [4.78, 5) is 14.0. The van der Waals surface area contributed by atoms with Crippen LogP contribution in [0.25, 0.3) is 0 Å². The number of hydrogen-bond acceptors (Lipinski definition) is 2. The van der Waals surface area contributed by atoms with Crippen LogP contribution in [0.3, 0.4) is 0 Å². The van der Waals surface area contributed by atoms with Crippen molar-refractivity contribution in [3.05, 3.63) is 34.9 Å². The fraction of sp³-hybridized carbons (Fsp3) is 0.533. The summed E-state index contributed by atoms with van der Waals surface area (Å²) in [6.45, 7) is 2.94. The van der Waals surface area contributed by atoms with Crippen LogP contribution in [0.5, 0.6) is 0 Å². The van der Waals surface area contributed by atoms with Crippen molar-refractivity contribution in [1.82, 2.24) is 10.2 Å². The summed E-state index contributed by atoms with van der Waals surface area (Å²) in [6.07, 6.45) is 2.49. The van der Waals surface area contributed by atoms with Gasteiger partial charge < -0.3 is 15.3 Å². The molecule has 1 heterocycles. The molecule has 0 spiro atoms. The third-order valence-corrected chi connectivity index (χ3v) is 4.09. The summed E-state index contributed by atoms with van der Waals surface area (Å²) in [5.41, 5.74) is 1.08. The number of hydrogen-bond donors (Lipinski definition) is 2. The maximum absolute atomic E-state index is 12.2. The molecule has 2 amide bonds. The van der Waals surface area contributed by atoms with Gasteiger partial charge in [0.05, 0.1) is 6.04 Å². The van der Waals surface area contributed by atoms with E-state index in [-0.39, 0.29) is 24.7 Å². The molecule has 2 atom stereocenters. The monoisotopic (exact) mass is 296 g/mol. The van der Waals surface area contributed by atoms with Crippen LogP contribution in [-0.2, 0) is 0 Å². The maximum Gasteiger partial charge on any atom is 0.318 e. The molecular weight excluding hydrogens is 276 g/mol. The van der Waals surface area contributed by atoms with Gasteiger partial charge in [0.1, 0.15) is 0 Å². The molecule has 2 unspecified atom stereocenters. The molecule has 1 aromatic carbocycles. The van der Waals surface area contributed by atoms with Crippen LogP contribution in [0.15, 0.2) is 24.3 Å². The molecular formula is C15H21ClN2O2. The standard InChI is InChI=1S/C15H21ClN2O2/c1-11(12-4-6-13(16)7-5-12)18-9-8-14(3-2-10-19)17-15(18)20/h4-7,11,14,19H,2-3,8-10H2,1H3,(H,17,20). The van der Waals surface area contributed by atoms with Crippen LogP contribution in [0.1, 0.15) is 37.8 Å². The smallest absolute Gasteiger partial charge is 0.318 e. The van der Waals surface area contributed by atoms with Crippen LogP contribution in [-0.4, -0.2) is 35.2 Å². The second-order valence-electron chi connectivity index (χ2n) is 5.22. The maximum atomic E-state index is 12.2. The van der Waals surface area contributed by atoms with Gasteiger partial charge in [0, 0.05) is 24.2 Å². The molecule has 1 saturated heterocycles. The average molecular weight is 297 g/mol. The highest BCUT2D eigenvalue weighted by Crippen LogP contribution is 2.24. The van der Waals surface area contributed by atoms with Crippen molar-refractivity contribution < 1.29 is 9.90 Å². The molecule has 0 aliphatic carbocycles. The number of rotatable bonds is 5. The van der Waals surface area contributed by atoms with E-state index in [9.17, 15) is 4.79 Å². The SMILES string of the molecule is CC(c1ccc(Cl)cc1)N1CCC(CCCO)NC1=O. The summed E-state index contributed by atoms with van der Waals surface area (Å²) in [6, 6.07) is 7.80. The normalized spacial score (nSPS) is 20.6. The molecule has 1 aliphatic heterocycles. The van der Waals surface area contributed by atoms with Gasteiger partial charge in [0.25, 0.3) is 0 Å². The van der Waals surface area contributed by atoms with Crippen LogP contribution in [0.4, 0.5) is 4.79 Å². The number of benzene rings is 1. The second-order valence-corrected chi connectivity index (χ2v) is 5.66. The first-order chi connectivity index (χ1) is 9.61. The van der Waals surface area contributed by atoms with E-state index in [4.69, 9.17) is 16.7 Å². The lowest BCUT2D eigenvalue weighted by molar-refractivity contribution is 0.150. The topological polar surface area (TPSA) is 52.6 Å². The number of aliphatic hydroxyl groups excluding tert-OH is 1. The molecule has 20 heavy (non-hydrogen) atoms. The van der Waals surface area contributed by atoms with Gasteiger partial charge in [-0.3, -0.25) is 0 Å². The molecule has 1 aromatic rings. The van der Waals surface area contributed by atoms with Crippen molar-refractivity contribution in [3.63, 3.8) is 0 Å². The van der Waals surface area contributed by atoms with Gasteiger partial charge in [-0.2, -0.15) is 0 Å². The Balaban J connectivity index is 1.96. The Bertz CT molecular complexity index is 450. The van der Waals surface area contributed by atoms with E-state index < -0.39 is 0 Å². The zero-order valence-corrected chi connectivity index (χ0v) is 12.4. The lowest BCUT2D eigenvalue weighted by atomic mass is 10.0. The first-order valence-corrected chi connectivity index (χ1v) is 7.43. The molecule has 2 N–H and O–H groups in total. The number of amides is 2. The molecule has 0 bridgehead atoms. The van der Waals surface area contributed by atoms with Crippen molar-refractivity contribution in [2.45, 2.75) is 38.3 Å². The van der Waals surface area contributed by atoms with Crippen molar-refractivity contribution in [2.24, 2.45) is 0 Å². The van der Waals surface area contributed by atoms with E-state index in [1.807, 2.05) is 36.1 Å². The highest BCUT2D eigenvalue weighted by atomic mass is 35.5. The molecule has 0 aromatic heterocycles. The number of nitrogens with one attached hydrogen (secondary N) is 1. The minimum Gasteiger partial charge on any atom is -0.396 e. The van der Waals surface area contributed by atoms with Gasteiger partial charge in [-0.05, 0) is 43.9 Å². The number of urea groups is 1. The summed E-state index contributed by atoms with van der Waals surface area (Å²) in [7, 11) is 0. The molecule has 110 valence electrons. The Kier molecular flexibility index (Phi) is 5.26. The predicted molar refractivity (Wildman–Crippen MR) is 79.8 cm³/mol. The number of nitrogens with zero attached hydrogens (tertiary/aromatic N) is 1. The minimum absolute atomic E-state index is 0.0263. The second kappa shape index (κ2) is 6.95. The van der Waals surface area contributed by atoms with Gasteiger partial charge in [-0.25, -0.2) is 4.79 Å². The molecule has 5 heteroatoms. The fourth-order valence-electron chi connectivity index (χ4n) is 2.57. The molecule has 0 radical (unpaired) electrons. The zero-order valence-electron chi connectivity index (χ0n) is 11.7. The van der Waals surface area contributed by atoms with Crippen LogP contribution < -0.4 is 5.32 Å². The summed E-state index contributed by atoms with van der Waals surface area (Å²) in [5.74, 6) is 0. The minimum atomic E-state index is -0.0263. The van der Waals surface area contributed by atoms with E-state index in [2.05, 4.69) is 5.32 Å². The first-order valence-electron chi connectivity index (χ1n) is 7.05. The largest absolute Gasteiger partial charge is 0.396 e. The molecule has 1 fully saturated rings. The number of carbonyl (C=O) groups excluding carboxylic acids is 1. The zero-order chi connectivity index (χ0) is 14.5. The van der Waals surface area contributed by atoms with Crippen LogP contribution in [0.2, 0.25) is 5.02 Å². The Hall–Kier alpha value is -1.26. The number of carbonyl (C=O) groups is 1. The van der Waals surface area contributed by atoms with Crippen LogP contribution >= 0.6 is 11.6 Å². The van der Waals surface area contributed by atoms with Crippen molar-refractivity contribution >= 4 is 17.6 Å².